The molecule has 1 heterocycles. The smallest absolute Gasteiger partial charge is 0.409 e. The number of carbonyl (C=O) groups is 2. The fourth-order valence-corrected chi connectivity index (χ4v) is 7.01. The Balaban J connectivity index is 1.09. The van der Waals surface area contributed by atoms with Crippen LogP contribution in [0.4, 0.5) is 4.79 Å². The minimum Gasteiger partial charge on any atom is -0.479 e. The fraction of sp³-hybridized carbons (Fsp3) is 0.273. The van der Waals surface area contributed by atoms with Crippen molar-refractivity contribution in [2.75, 3.05) is 6.61 Å². The molecule has 1 aliphatic heterocycles. The van der Waals surface area contributed by atoms with Crippen molar-refractivity contribution in [2.45, 2.75) is 69.6 Å². The van der Waals surface area contributed by atoms with Gasteiger partial charge in [0, 0.05) is 5.92 Å². The lowest BCUT2D eigenvalue weighted by Gasteiger charge is -2.45. The number of benzene rings is 5. The molecule has 1 amide bonds. The molecule has 0 aromatic heterocycles. The van der Waals surface area contributed by atoms with E-state index < -0.39 is 49.0 Å². The predicted molar refractivity (Wildman–Crippen MR) is 200 cm³/mol. The van der Waals surface area contributed by atoms with E-state index in [1.165, 1.54) is 0 Å². The summed E-state index contributed by atoms with van der Waals surface area (Å²) in [7, 11) is 0. The standard InChI is InChI=1S/C44H43NO9/c1-29(45-44(48)52-28-37-35-23-13-11-21-33(35)34-22-12-14-24-36(34)37)53-43-41(51-27-32-19-9-4-10-20-32)39(50-26-31-17-7-3-8-18-31)38(40(54-43)42(46)47)49-25-30-15-5-2-6-16-30/h2-24,29,37-41,43H,25-28H2,1H3,(H,45,48)(H,46,47)/t29-,38+,39+,40+,41-,43-/m1/s1. The van der Waals surface area contributed by atoms with Crippen molar-refractivity contribution in [2.24, 2.45) is 0 Å². The Kier molecular flexibility index (Phi) is 12.1. The molecule has 5 aromatic rings. The highest BCUT2D eigenvalue weighted by Crippen LogP contribution is 2.44. The van der Waals surface area contributed by atoms with Crippen LogP contribution >= 0.6 is 0 Å². The zero-order chi connectivity index (χ0) is 37.3. The van der Waals surface area contributed by atoms with E-state index >= 15 is 0 Å². The Morgan fingerprint density at radius 2 is 1.07 bits per heavy atom. The molecule has 0 unspecified atom stereocenters. The number of amides is 1. The molecule has 54 heavy (non-hydrogen) atoms. The third kappa shape index (κ3) is 8.87. The van der Waals surface area contributed by atoms with Crippen molar-refractivity contribution < 1.29 is 43.1 Å². The van der Waals surface area contributed by atoms with E-state index in [4.69, 9.17) is 28.4 Å². The Bertz CT molecular complexity index is 1930. The summed E-state index contributed by atoms with van der Waals surface area (Å²) in [4.78, 5) is 26.0. The number of hydrogen-bond donors (Lipinski definition) is 2. The van der Waals surface area contributed by atoms with E-state index in [9.17, 15) is 14.7 Å². The van der Waals surface area contributed by atoms with Gasteiger partial charge in [0.15, 0.2) is 12.4 Å². The number of rotatable bonds is 15. The molecule has 1 fully saturated rings. The molecule has 1 saturated heterocycles. The van der Waals surface area contributed by atoms with Gasteiger partial charge in [0.25, 0.3) is 0 Å². The minimum atomic E-state index is -1.49. The summed E-state index contributed by atoms with van der Waals surface area (Å²) in [5.74, 6) is -1.38. The van der Waals surface area contributed by atoms with E-state index in [1.54, 1.807) is 6.92 Å². The van der Waals surface area contributed by atoms with Crippen LogP contribution in [-0.2, 0) is 53.0 Å². The number of alkyl carbamates (subject to hydrolysis) is 1. The summed E-state index contributed by atoms with van der Waals surface area (Å²) >= 11 is 0. The molecule has 2 aliphatic rings. The Hall–Kier alpha value is -5.36. The van der Waals surface area contributed by atoms with Crippen LogP contribution in [0.1, 0.15) is 40.7 Å². The van der Waals surface area contributed by atoms with Gasteiger partial charge in [0.1, 0.15) is 31.1 Å². The Morgan fingerprint density at radius 3 is 1.57 bits per heavy atom. The van der Waals surface area contributed by atoms with Gasteiger partial charge in [-0.3, -0.25) is 5.32 Å². The molecule has 6 atom stereocenters. The summed E-state index contributed by atoms with van der Waals surface area (Å²) in [5.41, 5.74) is 7.04. The van der Waals surface area contributed by atoms with Crippen molar-refractivity contribution in [1.29, 1.82) is 0 Å². The number of carboxylic acids is 1. The second-order valence-electron chi connectivity index (χ2n) is 13.3. The molecule has 0 radical (unpaired) electrons. The number of aliphatic carboxylic acids is 1. The number of ether oxygens (including phenoxy) is 6. The van der Waals surface area contributed by atoms with Crippen molar-refractivity contribution in [3.8, 4) is 11.1 Å². The maximum atomic E-state index is 13.2. The largest absolute Gasteiger partial charge is 0.479 e. The lowest BCUT2D eigenvalue weighted by molar-refractivity contribution is -0.328. The van der Waals surface area contributed by atoms with Crippen LogP contribution in [0, 0.1) is 0 Å². The molecular formula is C44H43NO9. The van der Waals surface area contributed by atoms with Gasteiger partial charge in [0.05, 0.1) is 19.8 Å². The number of carboxylic acid groups (broad SMARTS) is 1. The molecule has 10 nitrogen and oxygen atoms in total. The van der Waals surface area contributed by atoms with Crippen molar-refractivity contribution in [3.05, 3.63) is 167 Å². The molecule has 278 valence electrons. The topological polar surface area (TPSA) is 122 Å². The first kappa shape index (κ1) is 37.0. The molecule has 10 heteroatoms. The molecule has 0 bridgehead atoms. The number of hydrogen-bond acceptors (Lipinski definition) is 8. The highest BCUT2D eigenvalue weighted by molar-refractivity contribution is 5.79. The van der Waals surface area contributed by atoms with E-state index in [1.807, 2.05) is 115 Å². The molecule has 0 saturated carbocycles. The summed E-state index contributed by atoms with van der Waals surface area (Å²) < 4.78 is 37.5. The second kappa shape index (κ2) is 17.6. The maximum Gasteiger partial charge on any atom is 0.409 e. The highest BCUT2D eigenvalue weighted by atomic mass is 16.7. The zero-order valence-electron chi connectivity index (χ0n) is 29.9. The fourth-order valence-electron chi connectivity index (χ4n) is 7.01. The third-order valence-electron chi connectivity index (χ3n) is 9.60. The van der Waals surface area contributed by atoms with Gasteiger partial charge < -0.3 is 33.5 Å². The number of nitrogens with one attached hydrogen (secondary N) is 1. The van der Waals surface area contributed by atoms with Crippen LogP contribution in [0.5, 0.6) is 0 Å². The summed E-state index contributed by atoms with van der Waals surface area (Å²) in [6.07, 6.45) is -7.46. The lowest BCUT2D eigenvalue weighted by Crippen LogP contribution is -2.63. The average molecular weight is 730 g/mol. The average Bonchev–Trinajstić information content (AvgIpc) is 3.52. The van der Waals surface area contributed by atoms with Crippen molar-refractivity contribution in [3.63, 3.8) is 0 Å². The lowest BCUT2D eigenvalue weighted by atomic mass is 9.97. The normalized spacial score (nSPS) is 21.1. The van der Waals surface area contributed by atoms with Gasteiger partial charge in [-0.25, -0.2) is 9.59 Å². The van der Waals surface area contributed by atoms with Gasteiger partial charge >= 0.3 is 12.1 Å². The first-order valence-corrected chi connectivity index (χ1v) is 18.1. The highest BCUT2D eigenvalue weighted by Gasteiger charge is 2.52. The second-order valence-corrected chi connectivity index (χ2v) is 13.3. The molecule has 0 spiro atoms. The first-order valence-electron chi connectivity index (χ1n) is 18.1. The van der Waals surface area contributed by atoms with Crippen molar-refractivity contribution >= 4 is 12.1 Å². The van der Waals surface area contributed by atoms with Gasteiger partial charge in [-0.05, 0) is 45.9 Å². The van der Waals surface area contributed by atoms with E-state index in [0.29, 0.717) is 0 Å². The molecule has 5 aromatic carbocycles. The summed E-state index contributed by atoms with van der Waals surface area (Å²) in [5, 5.41) is 13.2. The quantitative estimate of drug-likeness (QED) is 0.106. The summed E-state index contributed by atoms with van der Waals surface area (Å²) in [6.45, 7) is 2.14. The maximum absolute atomic E-state index is 13.2. The third-order valence-corrected chi connectivity index (χ3v) is 9.60. The van der Waals surface area contributed by atoms with Crippen LogP contribution < -0.4 is 5.32 Å². The van der Waals surface area contributed by atoms with Crippen LogP contribution in [0.2, 0.25) is 0 Å². The minimum absolute atomic E-state index is 0.112. The van der Waals surface area contributed by atoms with Crippen LogP contribution in [-0.4, -0.2) is 60.7 Å². The molecule has 2 N–H and O–H groups in total. The summed E-state index contributed by atoms with van der Waals surface area (Å²) in [6, 6.07) is 44.8. The van der Waals surface area contributed by atoms with Gasteiger partial charge in [-0.1, -0.05) is 140 Å². The zero-order valence-corrected chi connectivity index (χ0v) is 29.9. The van der Waals surface area contributed by atoms with Gasteiger partial charge in [0.2, 0.25) is 0 Å². The SMILES string of the molecule is C[C@H](NC(=O)OCC1c2ccccc2-c2ccccc21)O[C@@H]1O[C@H](C(=O)O)[C@@H](OCc2ccccc2)[C@H](OCc2ccccc2)[C@H]1OCc1ccccc1. The van der Waals surface area contributed by atoms with Crippen LogP contribution in [0.15, 0.2) is 140 Å². The first-order chi connectivity index (χ1) is 26.4. The number of carbonyl (C=O) groups excluding carboxylic acids is 1. The number of fused-ring (bicyclic) bond motifs is 3. The monoisotopic (exact) mass is 729 g/mol. The van der Waals surface area contributed by atoms with Crippen LogP contribution in [0.3, 0.4) is 0 Å². The van der Waals surface area contributed by atoms with E-state index in [2.05, 4.69) is 29.6 Å². The Morgan fingerprint density at radius 1 is 0.630 bits per heavy atom. The molecule has 7 rings (SSSR count). The van der Waals surface area contributed by atoms with Gasteiger partial charge in [-0.15, -0.1) is 0 Å². The predicted octanol–water partition coefficient (Wildman–Crippen LogP) is 7.45. The van der Waals surface area contributed by atoms with E-state index in [-0.39, 0.29) is 32.3 Å². The Labute approximate surface area is 314 Å². The van der Waals surface area contributed by atoms with E-state index in [0.717, 1.165) is 38.9 Å². The van der Waals surface area contributed by atoms with Crippen molar-refractivity contribution in [1.82, 2.24) is 5.32 Å². The molecular weight excluding hydrogens is 686 g/mol. The van der Waals surface area contributed by atoms with Gasteiger partial charge in [-0.2, -0.15) is 0 Å². The molecule has 1 aliphatic carbocycles. The van der Waals surface area contributed by atoms with Crippen LogP contribution in [0.25, 0.3) is 11.1 Å².